The molecule has 0 aliphatic carbocycles. The van der Waals surface area contributed by atoms with E-state index >= 15 is 0 Å². The Labute approximate surface area is 99.0 Å². The van der Waals surface area contributed by atoms with Gasteiger partial charge in [-0.05, 0) is 48.4 Å². The van der Waals surface area contributed by atoms with Gasteiger partial charge in [-0.1, -0.05) is 0 Å². The quantitative estimate of drug-likeness (QED) is 0.915. The van der Waals surface area contributed by atoms with E-state index in [1.165, 1.54) is 12.8 Å². The molecule has 2 heterocycles. The minimum Gasteiger partial charge on any atom is -0.467 e. The molecule has 0 saturated carbocycles. The Morgan fingerprint density at radius 1 is 1.67 bits per heavy atom. The van der Waals surface area contributed by atoms with Gasteiger partial charge in [0.15, 0.2) is 0 Å². The third-order valence-corrected chi connectivity index (χ3v) is 3.68. The fourth-order valence-electron chi connectivity index (χ4n) is 2.00. The van der Waals surface area contributed by atoms with Gasteiger partial charge in [0.25, 0.3) is 0 Å². The number of furan rings is 1. The van der Waals surface area contributed by atoms with Gasteiger partial charge in [0, 0.05) is 12.6 Å². The van der Waals surface area contributed by atoms with Crippen molar-refractivity contribution < 1.29 is 4.42 Å². The largest absolute Gasteiger partial charge is 0.467 e. The summed E-state index contributed by atoms with van der Waals surface area (Å²) in [6.45, 7) is 3.13. The summed E-state index contributed by atoms with van der Waals surface area (Å²) in [5.41, 5.74) is 0. The number of nitrogens with zero attached hydrogens (tertiary/aromatic N) is 1. The van der Waals surface area contributed by atoms with Crippen molar-refractivity contribution in [3.05, 3.63) is 22.6 Å². The Kier molecular flexibility index (Phi) is 3.83. The van der Waals surface area contributed by atoms with Gasteiger partial charge in [-0.3, -0.25) is 4.90 Å². The van der Waals surface area contributed by atoms with Crippen molar-refractivity contribution in [1.82, 2.24) is 10.2 Å². The highest BCUT2D eigenvalue weighted by molar-refractivity contribution is 9.10. The fraction of sp³-hybridized carbons (Fsp3) is 0.636. The average molecular weight is 273 g/mol. The molecule has 3 nitrogen and oxygen atoms in total. The Hall–Kier alpha value is -0.320. The molecule has 1 aromatic heterocycles. The van der Waals surface area contributed by atoms with Gasteiger partial charge in [0.05, 0.1) is 17.3 Å². The van der Waals surface area contributed by atoms with E-state index in [1.807, 2.05) is 6.07 Å². The SMILES string of the molecule is CN(Cc1occc1Br)C1CCCNC1. The summed E-state index contributed by atoms with van der Waals surface area (Å²) in [7, 11) is 2.16. The van der Waals surface area contributed by atoms with Crippen molar-refractivity contribution in [3.8, 4) is 0 Å². The molecule has 1 aliphatic heterocycles. The average Bonchev–Trinajstić information content (AvgIpc) is 2.66. The molecule has 1 atom stereocenters. The predicted molar refractivity (Wildman–Crippen MR) is 63.8 cm³/mol. The zero-order valence-electron chi connectivity index (χ0n) is 9.00. The second kappa shape index (κ2) is 5.14. The highest BCUT2D eigenvalue weighted by atomic mass is 79.9. The lowest BCUT2D eigenvalue weighted by molar-refractivity contribution is 0.183. The van der Waals surface area contributed by atoms with E-state index < -0.39 is 0 Å². The van der Waals surface area contributed by atoms with E-state index in [-0.39, 0.29) is 0 Å². The molecule has 84 valence electrons. The third-order valence-electron chi connectivity index (χ3n) is 2.98. The number of piperidine rings is 1. The van der Waals surface area contributed by atoms with Crippen molar-refractivity contribution in [1.29, 1.82) is 0 Å². The van der Waals surface area contributed by atoms with Crippen molar-refractivity contribution >= 4 is 15.9 Å². The molecule has 1 unspecified atom stereocenters. The molecular formula is C11H17BrN2O. The third kappa shape index (κ3) is 2.83. The lowest BCUT2D eigenvalue weighted by Gasteiger charge is -2.31. The molecule has 0 spiro atoms. The highest BCUT2D eigenvalue weighted by Crippen LogP contribution is 2.20. The topological polar surface area (TPSA) is 28.4 Å². The van der Waals surface area contributed by atoms with Crippen LogP contribution in [0.1, 0.15) is 18.6 Å². The summed E-state index contributed by atoms with van der Waals surface area (Å²) >= 11 is 3.48. The number of likely N-dealkylation sites (N-methyl/N-ethyl adjacent to an activating group) is 1. The van der Waals surface area contributed by atoms with E-state index in [0.717, 1.165) is 29.9 Å². The maximum atomic E-state index is 5.42. The summed E-state index contributed by atoms with van der Waals surface area (Å²) in [5.74, 6) is 1.02. The molecule has 1 saturated heterocycles. The smallest absolute Gasteiger partial charge is 0.131 e. The maximum Gasteiger partial charge on any atom is 0.131 e. The minimum absolute atomic E-state index is 0.635. The second-order valence-corrected chi connectivity index (χ2v) is 4.96. The van der Waals surface area contributed by atoms with Gasteiger partial charge in [0.2, 0.25) is 0 Å². The zero-order chi connectivity index (χ0) is 10.7. The van der Waals surface area contributed by atoms with Crippen LogP contribution in [0.25, 0.3) is 0 Å². The molecular weight excluding hydrogens is 256 g/mol. The van der Waals surface area contributed by atoms with Crippen LogP contribution in [0.3, 0.4) is 0 Å². The molecule has 0 amide bonds. The van der Waals surface area contributed by atoms with Gasteiger partial charge in [-0.25, -0.2) is 0 Å². The van der Waals surface area contributed by atoms with Crippen molar-refractivity contribution in [2.24, 2.45) is 0 Å². The normalized spacial score (nSPS) is 22.2. The minimum atomic E-state index is 0.635. The van der Waals surface area contributed by atoms with Crippen LogP contribution in [0, 0.1) is 0 Å². The summed E-state index contributed by atoms with van der Waals surface area (Å²) in [6, 6.07) is 2.58. The van der Waals surface area contributed by atoms with Gasteiger partial charge < -0.3 is 9.73 Å². The molecule has 0 aromatic carbocycles. The molecule has 1 N–H and O–H groups in total. The first-order chi connectivity index (χ1) is 7.27. The van der Waals surface area contributed by atoms with Gasteiger partial charge in [0.1, 0.15) is 5.76 Å². The van der Waals surface area contributed by atoms with Crippen LogP contribution < -0.4 is 5.32 Å². The van der Waals surface area contributed by atoms with Gasteiger partial charge in [-0.15, -0.1) is 0 Å². The molecule has 15 heavy (non-hydrogen) atoms. The zero-order valence-corrected chi connectivity index (χ0v) is 10.6. The Morgan fingerprint density at radius 3 is 3.13 bits per heavy atom. The number of halogens is 1. The van der Waals surface area contributed by atoms with E-state index in [4.69, 9.17) is 4.42 Å². The lowest BCUT2D eigenvalue weighted by Crippen LogP contribution is -2.43. The van der Waals surface area contributed by atoms with Crippen LogP contribution in [0.2, 0.25) is 0 Å². The van der Waals surface area contributed by atoms with E-state index in [2.05, 4.69) is 33.2 Å². The summed E-state index contributed by atoms with van der Waals surface area (Å²) < 4.78 is 6.48. The lowest BCUT2D eigenvalue weighted by atomic mass is 10.1. The van der Waals surface area contributed by atoms with Gasteiger partial charge >= 0.3 is 0 Å². The molecule has 1 fully saturated rings. The monoisotopic (exact) mass is 272 g/mol. The van der Waals surface area contributed by atoms with Crippen molar-refractivity contribution in [2.75, 3.05) is 20.1 Å². The molecule has 1 aliphatic rings. The number of nitrogens with one attached hydrogen (secondary N) is 1. The van der Waals surface area contributed by atoms with E-state index in [9.17, 15) is 0 Å². The highest BCUT2D eigenvalue weighted by Gasteiger charge is 2.19. The molecule has 4 heteroatoms. The van der Waals surface area contributed by atoms with Crippen LogP contribution in [0.4, 0.5) is 0 Å². The molecule has 0 radical (unpaired) electrons. The van der Waals surface area contributed by atoms with Gasteiger partial charge in [-0.2, -0.15) is 0 Å². The summed E-state index contributed by atoms with van der Waals surface area (Å²) in [5, 5.41) is 3.43. The number of hydrogen-bond donors (Lipinski definition) is 1. The Morgan fingerprint density at radius 2 is 2.53 bits per heavy atom. The standard InChI is InChI=1S/C11H17BrN2O/c1-14(9-3-2-5-13-7-9)8-11-10(12)4-6-15-11/h4,6,9,13H,2-3,5,7-8H2,1H3. The van der Waals surface area contributed by atoms with Crippen LogP contribution >= 0.6 is 15.9 Å². The first-order valence-corrected chi connectivity index (χ1v) is 6.19. The maximum absolute atomic E-state index is 5.42. The van der Waals surface area contributed by atoms with Crippen LogP contribution in [0.15, 0.2) is 21.2 Å². The number of hydrogen-bond acceptors (Lipinski definition) is 3. The fourth-order valence-corrected chi connectivity index (χ4v) is 2.33. The summed E-state index contributed by atoms with van der Waals surface area (Å²) in [6.07, 6.45) is 4.28. The predicted octanol–water partition coefficient (Wildman–Crippen LogP) is 2.23. The van der Waals surface area contributed by atoms with Crippen LogP contribution in [-0.2, 0) is 6.54 Å². The van der Waals surface area contributed by atoms with Crippen LogP contribution in [-0.4, -0.2) is 31.1 Å². The second-order valence-electron chi connectivity index (χ2n) is 4.11. The van der Waals surface area contributed by atoms with Crippen molar-refractivity contribution in [3.63, 3.8) is 0 Å². The number of rotatable bonds is 3. The Bertz CT molecular complexity index is 307. The van der Waals surface area contributed by atoms with Crippen LogP contribution in [0.5, 0.6) is 0 Å². The first kappa shape index (κ1) is 11.2. The molecule has 2 rings (SSSR count). The molecule has 1 aromatic rings. The molecule has 0 bridgehead atoms. The Balaban J connectivity index is 1.91. The van der Waals surface area contributed by atoms with E-state index in [1.54, 1.807) is 6.26 Å². The van der Waals surface area contributed by atoms with Crippen molar-refractivity contribution in [2.45, 2.75) is 25.4 Å². The first-order valence-electron chi connectivity index (χ1n) is 5.40. The summed E-state index contributed by atoms with van der Waals surface area (Å²) in [4.78, 5) is 2.36. The van der Waals surface area contributed by atoms with E-state index in [0.29, 0.717) is 6.04 Å².